The third-order valence-electron chi connectivity index (χ3n) is 2.29. The van der Waals surface area contributed by atoms with Gasteiger partial charge in [-0.05, 0) is 31.5 Å². The molecule has 0 aliphatic rings. The van der Waals surface area contributed by atoms with Crippen molar-refractivity contribution >= 4 is 25.6 Å². The van der Waals surface area contributed by atoms with Crippen molar-refractivity contribution in [1.82, 2.24) is 5.32 Å². The highest BCUT2D eigenvalue weighted by atomic mass is 35.7. The molecule has 1 rings (SSSR count). The third kappa shape index (κ3) is 3.85. The fraction of sp³-hybridized carbons (Fsp3) is 0.250. The summed E-state index contributed by atoms with van der Waals surface area (Å²) in [5.41, 5.74) is 1.78. The molecule has 0 aromatic heterocycles. The van der Waals surface area contributed by atoms with Gasteiger partial charge >= 0.3 is 0 Å². The van der Waals surface area contributed by atoms with Crippen molar-refractivity contribution in [3.63, 3.8) is 0 Å². The summed E-state index contributed by atoms with van der Waals surface area (Å²) in [6, 6.07) is 4.18. The van der Waals surface area contributed by atoms with Gasteiger partial charge in [-0.15, -0.1) is 0 Å². The molecule has 0 fully saturated rings. The Balaban J connectivity index is 3.08. The SMILES string of the molecule is C=C(C)CNC(=O)c1cc(S(=O)(=O)Cl)ccc1C. The minimum Gasteiger partial charge on any atom is -0.348 e. The Kier molecular flexibility index (Phi) is 4.53. The molecule has 0 unspecified atom stereocenters. The number of aryl methyl sites for hydroxylation is 1. The van der Waals surface area contributed by atoms with E-state index in [0.29, 0.717) is 12.1 Å². The molecular formula is C12H14ClNO3S. The lowest BCUT2D eigenvalue weighted by molar-refractivity contribution is 0.0956. The molecule has 0 radical (unpaired) electrons. The highest BCUT2D eigenvalue weighted by Crippen LogP contribution is 2.19. The second kappa shape index (κ2) is 5.54. The van der Waals surface area contributed by atoms with Gasteiger partial charge in [0.2, 0.25) is 0 Å². The van der Waals surface area contributed by atoms with Gasteiger partial charge in [-0.1, -0.05) is 18.2 Å². The van der Waals surface area contributed by atoms with Crippen molar-refractivity contribution < 1.29 is 13.2 Å². The predicted octanol–water partition coefficient (Wildman–Crippen LogP) is 2.23. The van der Waals surface area contributed by atoms with Crippen molar-refractivity contribution in [3.8, 4) is 0 Å². The van der Waals surface area contributed by atoms with Gasteiger partial charge in [0, 0.05) is 22.8 Å². The Labute approximate surface area is 111 Å². The molecule has 4 nitrogen and oxygen atoms in total. The average Bonchev–Trinajstić information content (AvgIpc) is 2.24. The summed E-state index contributed by atoms with van der Waals surface area (Å²) >= 11 is 0. The van der Waals surface area contributed by atoms with Crippen LogP contribution >= 0.6 is 10.7 Å². The van der Waals surface area contributed by atoms with Gasteiger partial charge in [-0.3, -0.25) is 4.79 Å². The zero-order chi connectivity index (χ0) is 13.9. The van der Waals surface area contributed by atoms with E-state index in [1.54, 1.807) is 19.9 Å². The van der Waals surface area contributed by atoms with Gasteiger partial charge in [0.1, 0.15) is 0 Å². The van der Waals surface area contributed by atoms with E-state index in [0.717, 1.165) is 5.57 Å². The summed E-state index contributed by atoms with van der Waals surface area (Å²) in [6.45, 7) is 7.52. The Morgan fingerprint density at radius 3 is 2.56 bits per heavy atom. The summed E-state index contributed by atoms with van der Waals surface area (Å²) in [7, 11) is 1.41. The summed E-state index contributed by atoms with van der Waals surface area (Å²) in [6.07, 6.45) is 0. The van der Waals surface area contributed by atoms with Gasteiger partial charge < -0.3 is 5.32 Å². The number of carbonyl (C=O) groups excluding carboxylic acids is 1. The van der Waals surface area contributed by atoms with Crippen LogP contribution in [0.15, 0.2) is 35.2 Å². The smallest absolute Gasteiger partial charge is 0.261 e. The van der Waals surface area contributed by atoms with Crippen LogP contribution in [-0.4, -0.2) is 20.9 Å². The number of hydrogen-bond donors (Lipinski definition) is 1. The van der Waals surface area contributed by atoms with Gasteiger partial charge in [0.15, 0.2) is 0 Å². The first-order valence-electron chi connectivity index (χ1n) is 5.19. The fourth-order valence-electron chi connectivity index (χ4n) is 1.32. The maximum absolute atomic E-state index is 11.9. The van der Waals surface area contributed by atoms with E-state index in [4.69, 9.17) is 10.7 Å². The largest absolute Gasteiger partial charge is 0.348 e. The van der Waals surface area contributed by atoms with Crippen LogP contribution in [0.25, 0.3) is 0 Å². The normalized spacial score (nSPS) is 11.1. The molecule has 0 atom stereocenters. The zero-order valence-electron chi connectivity index (χ0n) is 10.2. The maximum atomic E-state index is 11.9. The minimum atomic E-state index is -3.83. The standard InChI is InChI=1S/C12H14ClNO3S/c1-8(2)7-14-12(15)11-6-10(18(13,16)17)5-4-9(11)3/h4-6H,1,7H2,2-3H3,(H,14,15). The average molecular weight is 288 g/mol. The van der Waals surface area contributed by atoms with E-state index in [9.17, 15) is 13.2 Å². The second-order valence-electron chi connectivity index (χ2n) is 4.05. The van der Waals surface area contributed by atoms with Crippen LogP contribution in [0.2, 0.25) is 0 Å². The lowest BCUT2D eigenvalue weighted by atomic mass is 10.1. The van der Waals surface area contributed by atoms with Crippen LogP contribution in [0, 0.1) is 6.92 Å². The van der Waals surface area contributed by atoms with Crippen LogP contribution in [0.4, 0.5) is 0 Å². The first kappa shape index (κ1) is 14.7. The van der Waals surface area contributed by atoms with Crippen LogP contribution in [0.1, 0.15) is 22.8 Å². The molecule has 0 saturated carbocycles. The first-order valence-corrected chi connectivity index (χ1v) is 7.50. The number of benzene rings is 1. The molecule has 0 spiro atoms. The monoisotopic (exact) mass is 287 g/mol. The highest BCUT2D eigenvalue weighted by molar-refractivity contribution is 8.13. The second-order valence-corrected chi connectivity index (χ2v) is 6.62. The Hall–Kier alpha value is -1.33. The van der Waals surface area contributed by atoms with Gasteiger partial charge in [0.05, 0.1) is 4.90 Å². The van der Waals surface area contributed by atoms with E-state index in [2.05, 4.69) is 11.9 Å². The quantitative estimate of drug-likeness (QED) is 0.682. The molecule has 1 aromatic rings. The molecule has 98 valence electrons. The maximum Gasteiger partial charge on any atom is 0.261 e. The number of halogens is 1. The van der Waals surface area contributed by atoms with E-state index in [-0.39, 0.29) is 16.4 Å². The van der Waals surface area contributed by atoms with Crippen molar-refractivity contribution in [1.29, 1.82) is 0 Å². The number of amides is 1. The zero-order valence-corrected chi connectivity index (χ0v) is 11.7. The molecule has 0 heterocycles. The number of hydrogen-bond acceptors (Lipinski definition) is 3. The molecule has 0 saturated heterocycles. The summed E-state index contributed by atoms with van der Waals surface area (Å²) in [5, 5.41) is 2.64. The van der Waals surface area contributed by atoms with E-state index >= 15 is 0 Å². The fourth-order valence-corrected chi connectivity index (χ4v) is 2.10. The third-order valence-corrected chi connectivity index (χ3v) is 3.64. The van der Waals surface area contributed by atoms with Crippen LogP contribution < -0.4 is 5.32 Å². The van der Waals surface area contributed by atoms with Crippen molar-refractivity contribution in [2.45, 2.75) is 18.7 Å². The molecule has 0 aliphatic heterocycles. The molecule has 0 aliphatic carbocycles. The van der Waals surface area contributed by atoms with Crippen LogP contribution in [0.3, 0.4) is 0 Å². The van der Waals surface area contributed by atoms with Gasteiger partial charge in [-0.25, -0.2) is 8.42 Å². The van der Waals surface area contributed by atoms with Gasteiger partial charge in [-0.2, -0.15) is 0 Å². The number of nitrogens with one attached hydrogen (secondary N) is 1. The molecule has 0 bridgehead atoms. The van der Waals surface area contributed by atoms with E-state index in [1.807, 2.05) is 0 Å². The molecule has 6 heteroatoms. The molecule has 18 heavy (non-hydrogen) atoms. The van der Waals surface area contributed by atoms with Crippen LogP contribution in [0.5, 0.6) is 0 Å². The minimum absolute atomic E-state index is 0.0877. The number of carbonyl (C=O) groups is 1. The highest BCUT2D eigenvalue weighted by Gasteiger charge is 2.15. The topological polar surface area (TPSA) is 63.2 Å². The Morgan fingerprint density at radius 1 is 1.44 bits per heavy atom. The first-order chi connectivity index (χ1) is 8.21. The Morgan fingerprint density at radius 2 is 2.06 bits per heavy atom. The van der Waals surface area contributed by atoms with Crippen molar-refractivity contribution in [2.75, 3.05) is 6.54 Å². The van der Waals surface area contributed by atoms with Crippen molar-refractivity contribution in [2.24, 2.45) is 0 Å². The lowest BCUT2D eigenvalue weighted by Crippen LogP contribution is -2.25. The lowest BCUT2D eigenvalue weighted by Gasteiger charge is -2.08. The van der Waals surface area contributed by atoms with Crippen molar-refractivity contribution in [3.05, 3.63) is 41.5 Å². The molecule has 1 amide bonds. The summed E-state index contributed by atoms with van der Waals surface area (Å²) in [4.78, 5) is 11.8. The molecular weight excluding hydrogens is 274 g/mol. The predicted molar refractivity (Wildman–Crippen MR) is 71.4 cm³/mol. The Bertz CT molecular complexity index is 593. The number of rotatable bonds is 4. The van der Waals surface area contributed by atoms with E-state index < -0.39 is 9.05 Å². The molecule has 1 N–H and O–H groups in total. The molecule has 1 aromatic carbocycles. The van der Waals surface area contributed by atoms with Gasteiger partial charge in [0.25, 0.3) is 15.0 Å². The van der Waals surface area contributed by atoms with Crippen LogP contribution in [-0.2, 0) is 9.05 Å². The summed E-state index contributed by atoms with van der Waals surface area (Å²) in [5.74, 6) is -0.349. The summed E-state index contributed by atoms with van der Waals surface area (Å²) < 4.78 is 22.4. The van der Waals surface area contributed by atoms with E-state index in [1.165, 1.54) is 12.1 Å².